The number of hydrogen-bond acceptors (Lipinski definition) is 3. The third-order valence-electron chi connectivity index (χ3n) is 2.13. The molecule has 0 aliphatic rings. The number of halogens is 1. The first-order valence-corrected chi connectivity index (χ1v) is 7.30. The topological polar surface area (TPSA) is 34.9 Å². The average Bonchev–Trinajstić information content (AvgIpc) is 2.84. The summed E-state index contributed by atoms with van der Waals surface area (Å²) < 4.78 is 3.43. The van der Waals surface area contributed by atoms with Crippen molar-refractivity contribution in [3.8, 4) is 5.13 Å². The molecule has 6 heteroatoms. The van der Waals surface area contributed by atoms with Crippen molar-refractivity contribution >= 4 is 47.3 Å². The molecular formula is C10H5ClN2OSSe. The summed E-state index contributed by atoms with van der Waals surface area (Å²) in [4.78, 5) is 16.2. The summed E-state index contributed by atoms with van der Waals surface area (Å²) in [5, 5.41) is 1.47. The molecule has 0 spiro atoms. The van der Waals surface area contributed by atoms with Crippen molar-refractivity contribution in [1.29, 1.82) is 0 Å². The molecule has 0 saturated carbocycles. The zero-order chi connectivity index (χ0) is 11.1. The van der Waals surface area contributed by atoms with Crippen LogP contribution in [0, 0.1) is 0 Å². The molecule has 2 aromatic heterocycles. The quantitative estimate of drug-likeness (QED) is 0.645. The van der Waals surface area contributed by atoms with Crippen LogP contribution in [0.25, 0.3) is 14.8 Å². The standard InChI is InChI=1S/C10H5ClN2OSSe/c11-8-5-12-10(15-8)13-9(14)6-3-1-2-4-7(6)16-13/h1-5H. The molecule has 0 bridgehead atoms. The van der Waals surface area contributed by atoms with E-state index in [1.54, 1.807) is 9.76 Å². The molecule has 0 amide bonds. The summed E-state index contributed by atoms with van der Waals surface area (Å²) in [5.74, 6) is 0. The molecule has 0 radical (unpaired) electrons. The molecule has 0 aliphatic carbocycles. The van der Waals surface area contributed by atoms with Crippen LogP contribution in [-0.2, 0) is 0 Å². The van der Waals surface area contributed by atoms with E-state index in [0.717, 1.165) is 9.65 Å². The van der Waals surface area contributed by atoms with E-state index in [4.69, 9.17) is 11.6 Å². The number of nitrogens with zero attached hydrogens (tertiary/aromatic N) is 2. The van der Waals surface area contributed by atoms with Gasteiger partial charge in [0.2, 0.25) is 0 Å². The molecule has 0 atom stereocenters. The van der Waals surface area contributed by atoms with Crippen LogP contribution in [0.2, 0.25) is 4.34 Å². The van der Waals surface area contributed by atoms with E-state index in [9.17, 15) is 4.79 Å². The molecule has 3 nitrogen and oxygen atoms in total. The van der Waals surface area contributed by atoms with Crippen molar-refractivity contribution in [2.45, 2.75) is 0 Å². The Kier molecular flexibility index (Phi) is 2.48. The first-order valence-electron chi connectivity index (χ1n) is 4.48. The molecule has 3 rings (SSSR count). The Bertz CT molecular complexity index is 715. The molecule has 2 heterocycles. The molecule has 0 fully saturated rings. The molecular weight excluding hydrogens is 311 g/mol. The maximum atomic E-state index is 12.1. The summed E-state index contributed by atoms with van der Waals surface area (Å²) in [6, 6.07) is 7.68. The van der Waals surface area contributed by atoms with E-state index in [2.05, 4.69) is 4.98 Å². The van der Waals surface area contributed by atoms with E-state index in [0.29, 0.717) is 9.47 Å². The third kappa shape index (κ3) is 1.57. The molecule has 16 heavy (non-hydrogen) atoms. The van der Waals surface area contributed by atoms with Gasteiger partial charge < -0.3 is 0 Å². The van der Waals surface area contributed by atoms with Crippen LogP contribution >= 0.6 is 22.9 Å². The Balaban J connectivity index is 2.33. The molecule has 80 valence electrons. The average molecular weight is 316 g/mol. The normalized spacial score (nSPS) is 11.1. The Labute approximate surface area is 106 Å². The van der Waals surface area contributed by atoms with Crippen LogP contribution in [0.15, 0.2) is 35.3 Å². The number of thiazole rings is 1. The number of hydrogen-bond donors (Lipinski definition) is 0. The fourth-order valence-electron chi connectivity index (χ4n) is 1.44. The molecule has 0 N–H and O–H groups in total. The van der Waals surface area contributed by atoms with Gasteiger partial charge in [0.05, 0.1) is 0 Å². The van der Waals surface area contributed by atoms with Crippen LogP contribution in [-0.4, -0.2) is 23.3 Å². The minimum absolute atomic E-state index is 0.0190. The van der Waals surface area contributed by atoms with Crippen molar-refractivity contribution in [3.63, 3.8) is 0 Å². The third-order valence-corrected chi connectivity index (χ3v) is 5.74. The number of benzene rings is 1. The Hall–Kier alpha value is -0.871. The predicted octanol–water partition coefficient (Wildman–Crippen LogP) is 2.16. The fourth-order valence-corrected chi connectivity index (χ4v) is 4.55. The number of fused-ring (bicyclic) bond motifs is 1. The zero-order valence-corrected chi connectivity index (χ0v) is 11.2. The number of rotatable bonds is 1. The van der Waals surface area contributed by atoms with Gasteiger partial charge in [-0.05, 0) is 0 Å². The van der Waals surface area contributed by atoms with Crippen LogP contribution in [0.4, 0.5) is 0 Å². The van der Waals surface area contributed by atoms with Crippen LogP contribution in [0.1, 0.15) is 0 Å². The Morgan fingerprint density at radius 3 is 2.88 bits per heavy atom. The first kappa shape index (κ1) is 10.3. The summed E-state index contributed by atoms with van der Waals surface area (Å²) in [7, 11) is 0. The van der Waals surface area contributed by atoms with Crippen molar-refractivity contribution in [2.75, 3.05) is 0 Å². The van der Waals surface area contributed by atoms with Gasteiger partial charge in [0.25, 0.3) is 0 Å². The van der Waals surface area contributed by atoms with E-state index >= 15 is 0 Å². The van der Waals surface area contributed by atoms with Gasteiger partial charge in [-0.25, -0.2) is 0 Å². The minimum atomic E-state index is -0.0190. The molecule has 0 unspecified atom stereocenters. The van der Waals surface area contributed by atoms with E-state index in [1.807, 2.05) is 24.3 Å². The molecule has 0 aliphatic heterocycles. The molecule has 1 aromatic carbocycles. The molecule has 0 saturated heterocycles. The first-order chi connectivity index (χ1) is 7.75. The molecule has 3 aromatic rings. The van der Waals surface area contributed by atoms with Crippen molar-refractivity contribution in [1.82, 2.24) is 8.55 Å². The second kappa shape index (κ2) is 3.86. The van der Waals surface area contributed by atoms with E-state index in [-0.39, 0.29) is 20.3 Å². The second-order valence-corrected chi connectivity index (χ2v) is 6.85. The van der Waals surface area contributed by atoms with Gasteiger partial charge in [0, 0.05) is 0 Å². The van der Waals surface area contributed by atoms with Gasteiger partial charge in [-0.1, -0.05) is 0 Å². The summed E-state index contributed by atoms with van der Waals surface area (Å²) in [5.41, 5.74) is 0.0293. The summed E-state index contributed by atoms with van der Waals surface area (Å²) in [6.45, 7) is 0. The van der Waals surface area contributed by atoms with Crippen LogP contribution in [0.5, 0.6) is 0 Å². The fraction of sp³-hybridized carbons (Fsp3) is 0. The monoisotopic (exact) mass is 316 g/mol. The summed E-state index contributed by atoms with van der Waals surface area (Å²) >= 11 is 7.14. The van der Waals surface area contributed by atoms with Crippen LogP contribution < -0.4 is 5.56 Å². The van der Waals surface area contributed by atoms with Crippen molar-refractivity contribution < 1.29 is 0 Å². The van der Waals surface area contributed by atoms with Gasteiger partial charge in [0.15, 0.2) is 0 Å². The van der Waals surface area contributed by atoms with Gasteiger partial charge >= 0.3 is 106 Å². The van der Waals surface area contributed by atoms with Crippen molar-refractivity contribution in [3.05, 3.63) is 45.2 Å². The number of aromatic nitrogens is 2. The summed E-state index contributed by atoms with van der Waals surface area (Å²) in [6.07, 6.45) is 1.58. The van der Waals surface area contributed by atoms with E-state index < -0.39 is 0 Å². The maximum absolute atomic E-state index is 12.1. The SMILES string of the molecule is O=c1c2ccccc2[se]n1-c1ncc(Cl)s1. The predicted molar refractivity (Wildman–Crippen MR) is 67.2 cm³/mol. The Morgan fingerprint density at radius 1 is 1.38 bits per heavy atom. The second-order valence-electron chi connectivity index (χ2n) is 3.13. The van der Waals surface area contributed by atoms with Gasteiger partial charge in [-0.15, -0.1) is 0 Å². The van der Waals surface area contributed by atoms with Crippen molar-refractivity contribution in [2.24, 2.45) is 0 Å². The van der Waals surface area contributed by atoms with Gasteiger partial charge in [-0.3, -0.25) is 0 Å². The van der Waals surface area contributed by atoms with Crippen LogP contribution in [0.3, 0.4) is 0 Å². The zero-order valence-electron chi connectivity index (χ0n) is 7.88. The van der Waals surface area contributed by atoms with Gasteiger partial charge in [-0.2, -0.15) is 0 Å². The van der Waals surface area contributed by atoms with Gasteiger partial charge in [0.1, 0.15) is 0 Å². The van der Waals surface area contributed by atoms with E-state index in [1.165, 1.54) is 11.3 Å². The Morgan fingerprint density at radius 2 is 2.19 bits per heavy atom.